The number of halogens is 1. The van der Waals surface area contributed by atoms with Crippen LogP contribution in [0.5, 0.6) is 5.75 Å². The van der Waals surface area contributed by atoms with E-state index in [-0.39, 0.29) is 16.7 Å². The molecule has 8 heteroatoms. The Bertz CT molecular complexity index is 946. The summed E-state index contributed by atoms with van der Waals surface area (Å²) in [5.41, 5.74) is 1.83. The van der Waals surface area contributed by atoms with Crippen molar-refractivity contribution in [3.8, 4) is 5.75 Å². The standard InChI is InChI=1S/C20H16ClNO4S2/c21-15-10-14(6-7-16(15)26-12-18(23)24)11-17-19(25)22(20(27)28-17)9-8-13-4-2-1-3-5-13/h1-7,10-11H,8-9,12H2,(H,23,24)/p-1/b17-11-. The molecule has 0 atom stereocenters. The number of hydrogen-bond donors (Lipinski definition) is 0. The van der Waals surface area contributed by atoms with Crippen LogP contribution in [0, 0.1) is 0 Å². The lowest BCUT2D eigenvalue weighted by molar-refractivity contribution is -0.307. The van der Waals surface area contributed by atoms with Crippen LogP contribution >= 0.6 is 35.6 Å². The van der Waals surface area contributed by atoms with Gasteiger partial charge in [0.2, 0.25) is 0 Å². The summed E-state index contributed by atoms with van der Waals surface area (Å²) in [5, 5.41) is 10.7. The summed E-state index contributed by atoms with van der Waals surface area (Å²) >= 11 is 12.7. The number of nitrogens with zero attached hydrogens (tertiary/aromatic N) is 1. The molecular weight excluding hydrogens is 418 g/mol. The average Bonchev–Trinajstić information content (AvgIpc) is 2.93. The molecule has 1 aliphatic rings. The number of amides is 1. The van der Waals surface area contributed by atoms with Crippen LogP contribution in [-0.2, 0) is 16.0 Å². The molecule has 0 saturated carbocycles. The first-order valence-electron chi connectivity index (χ1n) is 8.35. The van der Waals surface area contributed by atoms with Crippen molar-refractivity contribution >= 4 is 57.9 Å². The average molecular weight is 433 g/mol. The van der Waals surface area contributed by atoms with Crippen LogP contribution in [0.2, 0.25) is 5.02 Å². The lowest BCUT2D eigenvalue weighted by atomic mass is 10.1. The highest BCUT2D eigenvalue weighted by atomic mass is 35.5. The van der Waals surface area contributed by atoms with Gasteiger partial charge in [-0.25, -0.2) is 0 Å². The molecule has 1 fully saturated rings. The van der Waals surface area contributed by atoms with Gasteiger partial charge in [0.1, 0.15) is 16.7 Å². The molecule has 0 aromatic heterocycles. The van der Waals surface area contributed by atoms with Gasteiger partial charge in [-0.2, -0.15) is 0 Å². The van der Waals surface area contributed by atoms with E-state index in [1.54, 1.807) is 29.2 Å². The number of thiocarbonyl (C=S) groups is 1. The van der Waals surface area contributed by atoms with E-state index in [1.807, 2.05) is 30.3 Å². The summed E-state index contributed by atoms with van der Waals surface area (Å²) in [6, 6.07) is 14.7. The zero-order valence-corrected chi connectivity index (χ0v) is 17.0. The van der Waals surface area contributed by atoms with Gasteiger partial charge in [-0.1, -0.05) is 72.0 Å². The molecule has 0 spiro atoms. The number of rotatable bonds is 7. The summed E-state index contributed by atoms with van der Waals surface area (Å²) in [6.45, 7) is -0.0675. The molecule has 1 saturated heterocycles. The van der Waals surface area contributed by atoms with E-state index in [9.17, 15) is 14.7 Å². The molecule has 0 bridgehead atoms. The number of aliphatic carboxylic acids is 1. The second-order valence-corrected chi connectivity index (χ2v) is 8.00. The quantitative estimate of drug-likeness (QED) is 0.495. The number of carboxylic acids is 1. The highest BCUT2D eigenvalue weighted by Gasteiger charge is 2.31. The number of benzene rings is 2. The topological polar surface area (TPSA) is 69.7 Å². The summed E-state index contributed by atoms with van der Waals surface area (Å²) in [5.74, 6) is -1.24. The molecular formula is C20H15ClNO4S2-. The molecule has 28 heavy (non-hydrogen) atoms. The Morgan fingerprint density at radius 1 is 1.25 bits per heavy atom. The fourth-order valence-corrected chi connectivity index (χ4v) is 4.14. The largest absolute Gasteiger partial charge is 0.546 e. The zero-order valence-electron chi connectivity index (χ0n) is 14.6. The Labute approximate surface area is 176 Å². The first-order valence-corrected chi connectivity index (χ1v) is 9.96. The van der Waals surface area contributed by atoms with Crippen LogP contribution in [-0.4, -0.2) is 34.2 Å². The van der Waals surface area contributed by atoms with Gasteiger partial charge in [-0.3, -0.25) is 9.69 Å². The van der Waals surface area contributed by atoms with Gasteiger partial charge in [-0.15, -0.1) is 0 Å². The van der Waals surface area contributed by atoms with Crippen LogP contribution < -0.4 is 9.84 Å². The van der Waals surface area contributed by atoms with E-state index in [1.165, 1.54) is 11.8 Å². The number of ether oxygens (including phenoxy) is 1. The molecule has 1 aliphatic heterocycles. The maximum absolute atomic E-state index is 12.7. The second-order valence-electron chi connectivity index (χ2n) is 5.92. The summed E-state index contributed by atoms with van der Waals surface area (Å²) in [7, 11) is 0. The molecule has 0 aliphatic carbocycles. The highest BCUT2D eigenvalue weighted by molar-refractivity contribution is 8.26. The first-order chi connectivity index (χ1) is 13.4. The van der Waals surface area contributed by atoms with Crippen molar-refractivity contribution in [3.05, 3.63) is 69.6 Å². The Balaban J connectivity index is 1.69. The molecule has 5 nitrogen and oxygen atoms in total. The third-order valence-electron chi connectivity index (χ3n) is 3.94. The lowest BCUT2D eigenvalue weighted by Gasteiger charge is -2.14. The normalized spacial score (nSPS) is 15.3. The molecule has 2 aromatic rings. The van der Waals surface area contributed by atoms with Gasteiger partial charge in [0.15, 0.2) is 0 Å². The maximum Gasteiger partial charge on any atom is 0.266 e. The van der Waals surface area contributed by atoms with E-state index >= 15 is 0 Å². The van der Waals surface area contributed by atoms with Crippen molar-refractivity contribution in [1.82, 2.24) is 4.90 Å². The predicted molar refractivity (Wildman–Crippen MR) is 112 cm³/mol. The maximum atomic E-state index is 12.7. The smallest absolute Gasteiger partial charge is 0.266 e. The van der Waals surface area contributed by atoms with E-state index in [0.717, 1.165) is 12.0 Å². The Morgan fingerprint density at radius 2 is 2.00 bits per heavy atom. The van der Waals surface area contributed by atoms with Crippen LogP contribution in [0.3, 0.4) is 0 Å². The van der Waals surface area contributed by atoms with Crippen LogP contribution in [0.15, 0.2) is 53.4 Å². The zero-order chi connectivity index (χ0) is 20.1. The highest BCUT2D eigenvalue weighted by Crippen LogP contribution is 2.34. The van der Waals surface area contributed by atoms with Gasteiger partial charge >= 0.3 is 0 Å². The first kappa shape index (κ1) is 20.4. The van der Waals surface area contributed by atoms with E-state index in [2.05, 4.69) is 0 Å². The van der Waals surface area contributed by atoms with Gasteiger partial charge in [-0.05, 0) is 35.8 Å². The molecule has 0 radical (unpaired) electrons. The van der Waals surface area contributed by atoms with Crippen molar-refractivity contribution in [3.63, 3.8) is 0 Å². The van der Waals surface area contributed by atoms with Crippen molar-refractivity contribution in [2.75, 3.05) is 13.2 Å². The predicted octanol–water partition coefficient (Wildman–Crippen LogP) is 2.91. The summed E-state index contributed by atoms with van der Waals surface area (Å²) in [4.78, 5) is 25.3. The fourth-order valence-electron chi connectivity index (χ4n) is 2.59. The van der Waals surface area contributed by atoms with E-state index in [4.69, 9.17) is 28.6 Å². The molecule has 0 unspecified atom stereocenters. The minimum atomic E-state index is -1.33. The van der Waals surface area contributed by atoms with E-state index in [0.29, 0.717) is 21.3 Å². The van der Waals surface area contributed by atoms with Crippen molar-refractivity contribution in [1.29, 1.82) is 0 Å². The Morgan fingerprint density at radius 3 is 2.68 bits per heavy atom. The van der Waals surface area contributed by atoms with Gasteiger partial charge in [0.25, 0.3) is 5.91 Å². The number of carboxylic acid groups (broad SMARTS) is 1. The van der Waals surface area contributed by atoms with Gasteiger partial charge in [0, 0.05) is 6.54 Å². The minimum Gasteiger partial charge on any atom is -0.546 e. The van der Waals surface area contributed by atoms with Crippen LogP contribution in [0.25, 0.3) is 6.08 Å². The SMILES string of the molecule is O=C([O-])COc1ccc(/C=C2\SC(=S)N(CCc3ccccc3)C2=O)cc1Cl. The second kappa shape index (κ2) is 9.23. The third-order valence-corrected chi connectivity index (χ3v) is 5.61. The summed E-state index contributed by atoms with van der Waals surface area (Å²) in [6.07, 6.45) is 2.42. The molecule has 1 amide bonds. The van der Waals surface area contributed by atoms with Crippen LogP contribution in [0.1, 0.15) is 11.1 Å². The molecule has 144 valence electrons. The number of carbonyl (C=O) groups is 2. The van der Waals surface area contributed by atoms with Gasteiger partial charge in [0.05, 0.1) is 15.9 Å². The number of thioether (sulfide) groups is 1. The summed E-state index contributed by atoms with van der Waals surface area (Å²) < 4.78 is 5.56. The Hall–Kier alpha value is -2.35. The third kappa shape index (κ3) is 5.13. The number of hydrogen-bond acceptors (Lipinski definition) is 6. The van der Waals surface area contributed by atoms with Crippen molar-refractivity contribution in [2.45, 2.75) is 6.42 Å². The molecule has 0 N–H and O–H groups in total. The molecule has 1 heterocycles. The molecule has 3 rings (SSSR count). The monoisotopic (exact) mass is 432 g/mol. The van der Waals surface area contributed by atoms with Gasteiger partial charge < -0.3 is 14.6 Å². The van der Waals surface area contributed by atoms with Crippen molar-refractivity contribution < 1.29 is 19.4 Å². The molecule has 2 aromatic carbocycles. The van der Waals surface area contributed by atoms with E-state index < -0.39 is 12.6 Å². The minimum absolute atomic E-state index is 0.140. The van der Waals surface area contributed by atoms with Crippen molar-refractivity contribution in [2.24, 2.45) is 0 Å². The van der Waals surface area contributed by atoms with Crippen LogP contribution in [0.4, 0.5) is 0 Å². The Kier molecular flexibility index (Phi) is 6.72. The lowest BCUT2D eigenvalue weighted by Crippen LogP contribution is -2.30. The fraction of sp³-hybridized carbons (Fsp3) is 0.150. The number of carbonyl (C=O) groups excluding carboxylic acids is 2.